The van der Waals surface area contributed by atoms with Crippen LogP contribution in [0.2, 0.25) is 5.15 Å². The molecule has 4 N–H and O–H groups in total. The van der Waals surface area contributed by atoms with Gasteiger partial charge in [-0.1, -0.05) is 17.7 Å². The molecule has 0 saturated carbocycles. The number of halogens is 1. The minimum absolute atomic E-state index is 0.356. The van der Waals surface area contributed by atoms with Crippen LogP contribution in [0.1, 0.15) is 0 Å². The molecular weight excluding hydrogens is 228 g/mol. The van der Waals surface area contributed by atoms with E-state index in [1.807, 2.05) is 0 Å². The molecule has 0 atom stereocenters. The average molecular weight is 237 g/mol. The highest BCUT2D eigenvalue weighted by molar-refractivity contribution is 6.29. The fourth-order valence-corrected chi connectivity index (χ4v) is 1.47. The van der Waals surface area contributed by atoms with Gasteiger partial charge >= 0.3 is 0 Å². The minimum atomic E-state index is 0.356. The summed E-state index contributed by atoms with van der Waals surface area (Å²) < 4.78 is 0. The molecule has 0 amide bonds. The van der Waals surface area contributed by atoms with Crippen LogP contribution >= 0.6 is 11.6 Å². The molecule has 0 aliphatic heterocycles. The summed E-state index contributed by atoms with van der Waals surface area (Å²) in [5.74, 6) is 0. The maximum Gasteiger partial charge on any atom is 0.153 e. The Balaban J connectivity index is 2.48. The van der Waals surface area contributed by atoms with E-state index in [1.165, 1.54) is 6.33 Å². The first-order valence-electron chi connectivity index (χ1n) is 4.53. The number of nitrogens with two attached hydrogens (primary N) is 2. The van der Waals surface area contributed by atoms with E-state index in [1.54, 1.807) is 24.3 Å². The van der Waals surface area contributed by atoms with Crippen LogP contribution in [0, 0.1) is 5.21 Å². The summed E-state index contributed by atoms with van der Waals surface area (Å²) in [5.41, 5.74) is 8.64. The fourth-order valence-electron chi connectivity index (χ4n) is 1.33. The van der Waals surface area contributed by atoms with E-state index in [-0.39, 0.29) is 0 Å². The van der Waals surface area contributed by atoms with Crippen LogP contribution in [0.5, 0.6) is 0 Å². The maximum atomic E-state index is 10.7. The first-order chi connectivity index (χ1) is 7.70. The third kappa shape index (κ3) is 2.11. The van der Waals surface area contributed by atoms with Gasteiger partial charge in [0.1, 0.15) is 11.5 Å². The Morgan fingerprint density at radius 1 is 1.25 bits per heavy atom. The van der Waals surface area contributed by atoms with Crippen molar-refractivity contribution >= 4 is 23.0 Å². The van der Waals surface area contributed by atoms with Crippen molar-refractivity contribution in [1.82, 2.24) is 9.97 Å². The monoisotopic (exact) mass is 236 g/mol. The van der Waals surface area contributed by atoms with Crippen molar-refractivity contribution < 1.29 is 5.48 Å². The molecule has 0 bridgehead atoms. The van der Waals surface area contributed by atoms with Crippen molar-refractivity contribution in [3.63, 3.8) is 0 Å². The van der Waals surface area contributed by atoms with Gasteiger partial charge in [-0.15, -0.1) is 0 Å². The van der Waals surface area contributed by atoms with Gasteiger partial charge < -0.3 is 16.4 Å². The summed E-state index contributed by atoms with van der Waals surface area (Å²) in [5, 5.41) is 11.1. The second kappa shape index (κ2) is 4.44. The predicted molar refractivity (Wildman–Crippen MR) is 61.8 cm³/mol. The smallest absolute Gasteiger partial charge is 0.153 e. The van der Waals surface area contributed by atoms with Crippen LogP contribution < -0.4 is 11.2 Å². The number of nitrogen functional groups attached to an aromatic ring is 1. The van der Waals surface area contributed by atoms with E-state index >= 15 is 0 Å². The number of quaternary nitrogens is 1. The van der Waals surface area contributed by atoms with Crippen LogP contribution in [0.4, 0.5) is 11.4 Å². The van der Waals surface area contributed by atoms with E-state index in [9.17, 15) is 5.21 Å². The normalized spacial score (nSPS) is 10.4. The standard InChI is InChI=1S/C10H9ClN4O/c11-10-4-8(13-5-14-10)6-1-2-7(12)9(3-6)15-16/h1-5H,12,15H2. The molecule has 0 aliphatic carbocycles. The summed E-state index contributed by atoms with van der Waals surface area (Å²) in [7, 11) is 0. The Morgan fingerprint density at radius 2 is 2.06 bits per heavy atom. The van der Waals surface area contributed by atoms with Gasteiger partial charge in [0.15, 0.2) is 5.69 Å². The number of aromatic nitrogens is 2. The SMILES string of the molecule is Nc1ccc(-c2cc(Cl)ncn2)cc1[NH2+][O-]. The van der Waals surface area contributed by atoms with Gasteiger partial charge in [-0.05, 0) is 6.07 Å². The molecule has 6 heteroatoms. The van der Waals surface area contributed by atoms with Crippen molar-refractivity contribution in [3.05, 3.63) is 41.0 Å². The van der Waals surface area contributed by atoms with E-state index in [2.05, 4.69) is 9.97 Å². The third-order valence-corrected chi connectivity index (χ3v) is 2.35. The molecule has 5 nitrogen and oxygen atoms in total. The van der Waals surface area contributed by atoms with Gasteiger partial charge in [-0.25, -0.2) is 9.97 Å². The van der Waals surface area contributed by atoms with Crippen LogP contribution in [0.3, 0.4) is 0 Å². The largest absolute Gasteiger partial charge is 0.630 e. The summed E-state index contributed by atoms with van der Waals surface area (Å²) >= 11 is 5.75. The van der Waals surface area contributed by atoms with Crippen molar-refractivity contribution in [2.75, 3.05) is 5.73 Å². The van der Waals surface area contributed by atoms with Crippen LogP contribution in [0.25, 0.3) is 11.3 Å². The predicted octanol–water partition coefficient (Wildman–Crippen LogP) is 1.07. The highest BCUT2D eigenvalue weighted by atomic mass is 35.5. The number of anilines is 1. The number of nitrogens with zero attached hydrogens (tertiary/aromatic N) is 2. The lowest BCUT2D eigenvalue weighted by molar-refractivity contribution is -0.496. The second-order valence-corrected chi connectivity index (χ2v) is 3.57. The first kappa shape index (κ1) is 10.8. The quantitative estimate of drug-likeness (QED) is 0.464. The average Bonchev–Trinajstić information content (AvgIpc) is 2.29. The van der Waals surface area contributed by atoms with Crippen LogP contribution in [0.15, 0.2) is 30.6 Å². The van der Waals surface area contributed by atoms with E-state index in [0.29, 0.717) is 27.7 Å². The van der Waals surface area contributed by atoms with Crippen LogP contribution in [-0.4, -0.2) is 9.97 Å². The fraction of sp³-hybridized carbons (Fsp3) is 0. The van der Waals surface area contributed by atoms with Gasteiger partial charge in [0.05, 0.1) is 11.4 Å². The van der Waals surface area contributed by atoms with Gasteiger partial charge in [-0.3, -0.25) is 0 Å². The highest BCUT2D eigenvalue weighted by Gasteiger charge is 2.05. The first-order valence-corrected chi connectivity index (χ1v) is 4.91. The summed E-state index contributed by atoms with van der Waals surface area (Å²) in [6.45, 7) is 0. The molecule has 82 valence electrons. The van der Waals surface area contributed by atoms with E-state index in [4.69, 9.17) is 17.3 Å². The Bertz CT molecular complexity index is 518. The molecule has 0 spiro atoms. The molecule has 1 aromatic heterocycles. The lowest BCUT2D eigenvalue weighted by atomic mass is 10.1. The van der Waals surface area contributed by atoms with E-state index in [0.717, 1.165) is 5.56 Å². The Hall–Kier alpha value is -1.69. The van der Waals surface area contributed by atoms with Gasteiger partial charge in [-0.2, -0.15) is 0 Å². The lowest BCUT2D eigenvalue weighted by Crippen LogP contribution is -2.70. The molecule has 2 rings (SSSR count). The van der Waals surface area contributed by atoms with Gasteiger partial charge in [0, 0.05) is 17.7 Å². The topological polar surface area (TPSA) is 91.5 Å². The Labute approximate surface area is 96.9 Å². The van der Waals surface area contributed by atoms with Crippen molar-refractivity contribution in [2.45, 2.75) is 0 Å². The summed E-state index contributed by atoms with van der Waals surface area (Å²) in [6.07, 6.45) is 1.37. The number of hydrogen-bond donors (Lipinski definition) is 2. The molecule has 1 heterocycles. The third-order valence-electron chi connectivity index (χ3n) is 2.14. The van der Waals surface area contributed by atoms with Crippen molar-refractivity contribution in [1.29, 1.82) is 0 Å². The van der Waals surface area contributed by atoms with Gasteiger partial charge in [0.2, 0.25) is 0 Å². The van der Waals surface area contributed by atoms with Crippen molar-refractivity contribution in [3.8, 4) is 11.3 Å². The summed E-state index contributed by atoms with van der Waals surface area (Å²) in [4.78, 5) is 7.85. The highest BCUT2D eigenvalue weighted by Crippen LogP contribution is 2.23. The maximum absolute atomic E-state index is 10.7. The number of rotatable bonds is 2. The zero-order valence-corrected chi connectivity index (χ0v) is 8.98. The zero-order chi connectivity index (χ0) is 11.5. The Kier molecular flexibility index (Phi) is 3.00. The summed E-state index contributed by atoms with van der Waals surface area (Å²) in [6, 6.07) is 6.73. The van der Waals surface area contributed by atoms with E-state index < -0.39 is 0 Å². The second-order valence-electron chi connectivity index (χ2n) is 3.19. The molecule has 2 aromatic rings. The zero-order valence-electron chi connectivity index (χ0n) is 8.22. The molecule has 0 unspecified atom stereocenters. The van der Waals surface area contributed by atoms with Crippen molar-refractivity contribution in [2.24, 2.45) is 0 Å². The molecule has 1 aromatic carbocycles. The molecule has 0 fully saturated rings. The number of benzene rings is 1. The molecular formula is C10H9ClN4O. The molecule has 0 radical (unpaired) electrons. The molecule has 0 saturated heterocycles. The lowest BCUT2D eigenvalue weighted by Gasteiger charge is -2.07. The minimum Gasteiger partial charge on any atom is -0.630 e. The van der Waals surface area contributed by atoms with Crippen LogP contribution in [-0.2, 0) is 0 Å². The Morgan fingerprint density at radius 3 is 2.75 bits per heavy atom. The molecule has 16 heavy (non-hydrogen) atoms. The molecule has 0 aliphatic rings. The number of hydrogen-bond acceptors (Lipinski definition) is 4. The van der Waals surface area contributed by atoms with Gasteiger partial charge in [0.25, 0.3) is 0 Å².